The molecule has 0 aliphatic carbocycles. The highest BCUT2D eigenvalue weighted by atomic mass is 15.1. The summed E-state index contributed by atoms with van der Waals surface area (Å²) in [6.45, 7) is 6.38. The summed E-state index contributed by atoms with van der Waals surface area (Å²) in [7, 11) is 0. The highest BCUT2D eigenvalue weighted by molar-refractivity contribution is 5.53. The summed E-state index contributed by atoms with van der Waals surface area (Å²) in [6, 6.07) is 18.5. The third-order valence-corrected chi connectivity index (χ3v) is 3.10. The van der Waals surface area contributed by atoms with Gasteiger partial charge in [-0.2, -0.15) is 0 Å². The molecular formula is C18H19N. The van der Waals surface area contributed by atoms with Crippen LogP contribution in [0.1, 0.15) is 25.0 Å². The molecule has 0 saturated heterocycles. The molecule has 0 bridgehead atoms. The highest BCUT2D eigenvalue weighted by Gasteiger charge is 2.00. The molecule has 1 heteroatoms. The van der Waals surface area contributed by atoms with Crippen LogP contribution in [0, 0.1) is 11.8 Å². The molecule has 2 rings (SSSR count). The van der Waals surface area contributed by atoms with E-state index >= 15 is 0 Å². The molecule has 0 aromatic heterocycles. The fraction of sp³-hybridized carbons (Fsp3) is 0.222. The third kappa shape index (κ3) is 3.63. The van der Waals surface area contributed by atoms with Crippen molar-refractivity contribution < 1.29 is 0 Å². The van der Waals surface area contributed by atoms with Gasteiger partial charge in [0, 0.05) is 29.9 Å². The van der Waals surface area contributed by atoms with Crippen LogP contribution in [0.3, 0.4) is 0 Å². The van der Waals surface area contributed by atoms with Crippen LogP contribution in [0.4, 0.5) is 5.69 Å². The Labute approximate surface area is 115 Å². The van der Waals surface area contributed by atoms with Crippen molar-refractivity contribution >= 4 is 5.69 Å². The van der Waals surface area contributed by atoms with Gasteiger partial charge in [0.15, 0.2) is 0 Å². The van der Waals surface area contributed by atoms with Crippen LogP contribution in [0.15, 0.2) is 54.6 Å². The maximum absolute atomic E-state index is 3.23. The lowest BCUT2D eigenvalue weighted by Gasteiger charge is -2.20. The average molecular weight is 249 g/mol. The van der Waals surface area contributed by atoms with Gasteiger partial charge in [-0.3, -0.25) is 0 Å². The van der Waals surface area contributed by atoms with Crippen molar-refractivity contribution in [3.8, 4) is 11.8 Å². The van der Waals surface area contributed by atoms with E-state index in [2.05, 4.69) is 54.9 Å². The number of hydrogen-bond donors (Lipinski definition) is 0. The Balaban J connectivity index is 2.23. The number of nitrogens with zero attached hydrogens (tertiary/aromatic N) is 1. The van der Waals surface area contributed by atoms with E-state index in [-0.39, 0.29) is 0 Å². The van der Waals surface area contributed by atoms with Gasteiger partial charge in [-0.25, -0.2) is 0 Å². The maximum Gasteiger partial charge on any atom is 0.0378 e. The van der Waals surface area contributed by atoms with Gasteiger partial charge in [-0.1, -0.05) is 36.1 Å². The van der Waals surface area contributed by atoms with Crippen LogP contribution in [-0.4, -0.2) is 13.1 Å². The second kappa shape index (κ2) is 6.66. The third-order valence-electron chi connectivity index (χ3n) is 3.10. The minimum absolute atomic E-state index is 1.02. The Hall–Kier alpha value is -2.20. The first-order valence-electron chi connectivity index (χ1n) is 6.75. The maximum atomic E-state index is 3.23. The van der Waals surface area contributed by atoms with E-state index in [1.165, 1.54) is 5.69 Å². The van der Waals surface area contributed by atoms with Crippen LogP contribution in [0.5, 0.6) is 0 Å². The lowest BCUT2D eigenvalue weighted by Crippen LogP contribution is -2.21. The highest BCUT2D eigenvalue weighted by Crippen LogP contribution is 2.15. The lowest BCUT2D eigenvalue weighted by atomic mass is 10.1. The van der Waals surface area contributed by atoms with Gasteiger partial charge in [0.1, 0.15) is 0 Å². The van der Waals surface area contributed by atoms with Crippen molar-refractivity contribution in [2.75, 3.05) is 18.0 Å². The van der Waals surface area contributed by atoms with Gasteiger partial charge in [-0.05, 0) is 44.2 Å². The molecule has 0 radical (unpaired) electrons. The largest absolute Gasteiger partial charge is 0.372 e. The predicted octanol–water partition coefficient (Wildman–Crippen LogP) is 3.93. The van der Waals surface area contributed by atoms with E-state index in [1.54, 1.807) is 0 Å². The molecule has 0 saturated carbocycles. The lowest BCUT2D eigenvalue weighted by molar-refractivity contribution is 0.866. The van der Waals surface area contributed by atoms with Gasteiger partial charge in [0.2, 0.25) is 0 Å². The van der Waals surface area contributed by atoms with Crippen molar-refractivity contribution in [1.29, 1.82) is 0 Å². The molecule has 0 spiro atoms. The summed E-state index contributed by atoms with van der Waals surface area (Å²) >= 11 is 0. The molecule has 0 aliphatic rings. The van der Waals surface area contributed by atoms with Crippen LogP contribution in [-0.2, 0) is 0 Å². The smallest absolute Gasteiger partial charge is 0.0378 e. The minimum atomic E-state index is 1.02. The summed E-state index contributed by atoms with van der Waals surface area (Å²) < 4.78 is 0. The monoisotopic (exact) mass is 249 g/mol. The first kappa shape index (κ1) is 13.2. The number of hydrogen-bond acceptors (Lipinski definition) is 1. The zero-order valence-corrected chi connectivity index (χ0v) is 11.6. The predicted molar refractivity (Wildman–Crippen MR) is 82.4 cm³/mol. The first-order valence-corrected chi connectivity index (χ1v) is 6.75. The van der Waals surface area contributed by atoms with Crippen LogP contribution >= 0.6 is 0 Å². The van der Waals surface area contributed by atoms with Gasteiger partial charge in [0.25, 0.3) is 0 Å². The van der Waals surface area contributed by atoms with Crippen LogP contribution in [0.25, 0.3) is 0 Å². The minimum Gasteiger partial charge on any atom is -0.372 e. The van der Waals surface area contributed by atoms with Gasteiger partial charge >= 0.3 is 0 Å². The van der Waals surface area contributed by atoms with Crippen molar-refractivity contribution in [2.24, 2.45) is 0 Å². The van der Waals surface area contributed by atoms with E-state index in [0.29, 0.717) is 0 Å². The van der Waals surface area contributed by atoms with E-state index in [9.17, 15) is 0 Å². The van der Waals surface area contributed by atoms with Gasteiger partial charge in [-0.15, -0.1) is 0 Å². The summed E-state index contributed by atoms with van der Waals surface area (Å²) in [5.41, 5.74) is 3.36. The fourth-order valence-electron chi connectivity index (χ4n) is 2.03. The first-order chi connectivity index (χ1) is 9.33. The van der Waals surface area contributed by atoms with Crippen molar-refractivity contribution in [2.45, 2.75) is 13.8 Å². The molecule has 0 aliphatic heterocycles. The van der Waals surface area contributed by atoms with Crippen LogP contribution in [0.2, 0.25) is 0 Å². The quantitative estimate of drug-likeness (QED) is 0.745. The Kier molecular flexibility index (Phi) is 4.64. The molecule has 0 amide bonds. The molecule has 96 valence electrons. The average Bonchev–Trinajstić information content (AvgIpc) is 2.48. The standard InChI is InChI=1S/C18H19N/c1-3-19(4-2)18-12-8-11-17(15-18)14-13-16-9-6-5-7-10-16/h5-12,15H,3-4H2,1-2H3. The van der Waals surface area contributed by atoms with Crippen molar-refractivity contribution in [1.82, 2.24) is 0 Å². The van der Waals surface area contributed by atoms with E-state index in [4.69, 9.17) is 0 Å². The topological polar surface area (TPSA) is 3.24 Å². The van der Waals surface area contributed by atoms with Gasteiger partial charge < -0.3 is 4.90 Å². The fourth-order valence-corrected chi connectivity index (χ4v) is 2.03. The van der Waals surface area contributed by atoms with E-state index in [1.807, 2.05) is 30.3 Å². The molecule has 1 nitrogen and oxygen atoms in total. The zero-order valence-electron chi connectivity index (χ0n) is 11.6. The van der Waals surface area contributed by atoms with Crippen molar-refractivity contribution in [3.63, 3.8) is 0 Å². The van der Waals surface area contributed by atoms with Gasteiger partial charge in [0.05, 0.1) is 0 Å². The molecule has 2 aromatic rings. The van der Waals surface area contributed by atoms with Crippen molar-refractivity contribution in [3.05, 3.63) is 65.7 Å². The van der Waals surface area contributed by atoms with E-state index in [0.717, 1.165) is 24.2 Å². The van der Waals surface area contributed by atoms with Crippen LogP contribution < -0.4 is 4.90 Å². The number of anilines is 1. The number of benzene rings is 2. The zero-order chi connectivity index (χ0) is 13.5. The normalized spacial score (nSPS) is 9.58. The molecule has 0 unspecified atom stereocenters. The van der Waals surface area contributed by atoms with E-state index < -0.39 is 0 Å². The second-order valence-electron chi connectivity index (χ2n) is 4.34. The Morgan fingerprint density at radius 1 is 0.789 bits per heavy atom. The summed E-state index contributed by atoms with van der Waals surface area (Å²) in [5, 5.41) is 0. The molecular weight excluding hydrogens is 230 g/mol. The molecule has 0 fully saturated rings. The molecule has 2 aromatic carbocycles. The Bertz CT molecular complexity index is 571. The SMILES string of the molecule is CCN(CC)c1cccc(C#Cc2ccccc2)c1. The Morgan fingerprint density at radius 2 is 1.42 bits per heavy atom. The molecule has 0 N–H and O–H groups in total. The molecule has 19 heavy (non-hydrogen) atoms. The molecule has 0 atom stereocenters. The second-order valence-corrected chi connectivity index (χ2v) is 4.34. The summed E-state index contributed by atoms with van der Waals surface area (Å²) in [5.74, 6) is 6.42. The number of rotatable bonds is 3. The Morgan fingerprint density at radius 3 is 2.11 bits per heavy atom. The molecule has 0 heterocycles. The summed E-state index contributed by atoms with van der Waals surface area (Å²) in [6.07, 6.45) is 0. The summed E-state index contributed by atoms with van der Waals surface area (Å²) in [4.78, 5) is 2.33.